The van der Waals surface area contributed by atoms with Crippen molar-refractivity contribution in [2.75, 3.05) is 24.5 Å². The van der Waals surface area contributed by atoms with E-state index in [2.05, 4.69) is 12.1 Å². The van der Waals surface area contributed by atoms with Gasteiger partial charge in [0.1, 0.15) is 5.76 Å². The molecule has 3 aliphatic rings. The molecule has 5 rings (SSSR count). The van der Waals surface area contributed by atoms with Crippen LogP contribution in [0.1, 0.15) is 48.4 Å². The molecule has 1 aliphatic carbocycles. The summed E-state index contributed by atoms with van der Waals surface area (Å²) in [5, 5.41) is 7.97. The Labute approximate surface area is 155 Å². The van der Waals surface area contributed by atoms with Crippen LogP contribution in [-0.2, 0) is 4.79 Å². The fourth-order valence-corrected chi connectivity index (χ4v) is 5.02. The summed E-state index contributed by atoms with van der Waals surface area (Å²) < 4.78 is 5.33. The van der Waals surface area contributed by atoms with Gasteiger partial charge in [-0.25, -0.2) is 0 Å². The van der Waals surface area contributed by atoms with Crippen molar-refractivity contribution in [1.29, 1.82) is 0 Å². The number of amides is 2. The summed E-state index contributed by atoms with van der Waals surface area (Å²) >= 11 is 1.60. The Balaban J connectivity index is 1.36. The second kappa shape index (κ2) is 5.67. The van der Waals surface area contributed by atoms with Gasteiger partial charge < -0.3 is 14.3 Å². The summed E-state index contributed by atoms with van der Waals surface area (Å²) in [4.78, 5) is 29.8. The van der Waals surface area contributed by atoms with E-state index in [1.165, 1.54) is 0 Å². The van der Waals surface area contributed by atoms with Crippen LogP contribution in [0.2, 0.25) is 0 Å². The van der Waals surface area contributed by atoms with Crippen molar-refractivity contribution in [3.8, 4) is 0 Å². The van der Waals surface area contributed by atoms with E-state index >= 15 is 0 Å². The zero-order valence-corrected chi connectivity index (χ0v) is 15.5. The Bertz CT molecular complexity index is 857. The van der Waals surface area contributed by atoms with Gasteiger partial charge in [0.05, 0.1) is 11.1 Å². The molecule has 1 spiro atoms. The molecule has 0 radical (unpaired) electrons. The van der Waals surface area contributed by atoms with Gasteiger partial charge in [-0.15, -0.1) is 0 Å². The maximum Gasteiger partial charge on any atom is 0.276 e. The third kappa shape index (κ3) is 2.33. The fraction of sp³-hybridized carbons (Fsp3) is 0.526. The highest BCUT2D eigenvalue weighted by molar-refractivity contribution is 7.08. The van der Waals surface area contributed by atoms with Crippen LogP contribution in [0, 0.1) is 11.3 Å². The molecule has 136 valence electrons. The summed E-state index contributed by atoms with van der Waals surface area (Å²) in [5.41, 5.74) is 0.872. The molecule has 2 saturated heterocycles. The summed E-state index contributed by atoms with van der Waals surface area (Å²) in [5.74, 6) is 1.42. The van der Waals surface area contributed by atoms with E-state index < -0.39 is 5.41 Å². The SMILES string of the molecule is C[C@@H]1CN(C(=O)c2cc(C3CC3)on2)C[C@]12CCN(c1ccsc1)C2=O. The topological polar surface area (TPSA) is 66.7 Å². The van der Waals surface area contributed by atoms with Crippen molar-refractivity contribution >= 4 is 28.8 Å². The number of likely N-dealkylation sites (tertiary alicyclic amines) is 1. The standard InChI is InChI=1S/C19H21N3O3S/c1-12-9-21(17(23)15-8-16(25-20-15)13-2-3-13)11-19(12)5-6-22(18(19)24)14-4-7-26-10-14/h4,7-8,10,12-13H,2-3,5-6,9,11H2,1H3/t12-,19-/m1/s1. The molecule has 0 bridgehead atoms. The van der Waals surface area contributed by atoms with E-state index in [-0.39, 0.29) is 17.7 Å². The van der Waals surface area contributed by atoms with Gasteiger partial charge in [0, 0.05) is 37.0 Å². The maximum atomic E-state index is 13.2. The Morgan fingerprint density at radius 1 is 1.42 bits per heavy atom. The van der Waals surface area contributed by atoms with E-state index in [0.717, 1.165) is 37.3 Å². The van der Waals surface area contributed by atoms with Crippen molar-refractivity contribution < 1.29 is 14.1 Å². The fourth-order valence-electron chi connectivity index (χ4n) is 4.38. The zero-order valence-electron chi connectivity index (χ0n) is 14.7. The molecule has 4 heterocycles. The third-order valence-corrected chi connectivity index (χ3v) is 6.87. The number of hydrogen-bond donors (Lipinski definition) is 0. The lowest BCUT2D eigenvalue weighted by molar-refractivity contribution is -0.126. The van der Waals surface area contributed by atoms with E-state index in [4.69, 9.17) is 4.52 Å². The Morgan fingerprint density at radius 2 is 2.27 bits per heavy atom. The first-order valence-electron chi connectivity index (χ1n) is 9.18. The van der Waals surface area contributed by atoms with Gasteiger partial charge in [0.25, 0.3) is 5.91 Å². The van der Waals surface area contributed by atoms with E-state index in [1.54, 1.807) is 22.3 Å². The van der Waals surface area contributed by atoms with Gasteiger partial charge in [-0.3, -0.25) is 9.59 Å². The number of rotatable bonds is 3. The molecule has 2 aromatic heterocycles. The average molecular weight is 371 g/mol. The Hall–Kier alpha value is -2.15. The van der Waals surface area contributed by atoms with Gasteiger partial charge >= 0.3 is 0 Å². The molecule has 2 aromatic rings. The number of hydrogen-bond acceptors (Lipinski definition) is 5. The van der Waals surface area contributed by atoms with E-state index in [1.807, 2.05) is 21.7 Å². The first kappa shape index (κ1) is 16.1. The van der Waals surface area contributed by atoms with Gasteiger partial charge in [-0.05, 0) is 36.6 Å². The number of anilines is 1. The van der Waals surface area contributed by atoms with E-state index in [9.17, 15) is 9.59 Å². The minimum atomic E-state index is -0.472. The minimum absolute atomic E-state index is 0.119. The minimum Gasteiger partial charge on any atom is -0.360 e. The van der Waals surface area contributed by atoms with Crippen molar-refractivity contribution in [2.45, 2.75) is 32.1 Å². The lowest BCUT2D eigenvalue weighted by Gasteiger charge is -2.26. The summed E-state index contributed by atoms with van der Waals surface area (Å²) in [6.07, 6.45) is 3.01. The van der Waals surface area contributed by atoms with Crippen molar-refractivity contribution in [1.82, 2.24) is 10.1 Å². The lowest BCUT2D eigenvalue weighted by atomic mass is 9.78. The molecule has 2 atom stereocenters. The molecule has 2 amide bonds. The predicted molar refractivity (Wildman–Crippen MR) is 97.3 cm³/mol. The lowest BCUT2D eigenvalue weighted by Crippen LogP contribution is -2.40. The quantitative estimate of drug-likeness (QED) is 0.831. The van der Waals surface area contributed by atoms with Crippen molar-refractivity contribution in [3.05, 3.63) is 34.3 Å². The first-order chi connectivity index (χ1) is 12.6. The van der Waals surface area contributed by atoms with Crippen LogP contribution >= 0.6 is 11.3 Å². The average Bonchev–Trinajstić information content (AvgIpc) is 3.03. The molecule has 0 aromatic carbocycles. The highest BCUT2D eigenvalue weighted by Gasteiger charge is 2.56. The number of thiophene rings is 1. The highest BCUT2D eigenvalue weighted by Crippen LogP contribution is 2.46. The van der Waals surface area contributed by atoms with Gasteiger partial charge in [0.2, 0.25) is 5.91 Å². The first-order valence-corrected chi connectivity index (χ1v) is 10.1. The molecular formula is C19H21N3O3S. The Kier molecular flexibility index (Phi) is 3.50. The summed E-state index contributed by atoms with van der Waals surface area (Å²) in [7, 11) is 0. The smallest absolute Gasteiger partial charge is 0.276 e. The molecule has 2 aliphatic heterocycles. The van der Waals surface area contributed by atoms with Gasteiger partial charge in [-0.1, -0.05) is 12.1 Å². The van der Waals surface area contributed by atoms with Crippen LogP contribution in [0.4, 0.5) is 5.69 Å². The predicted octanol–water partition coefficient (Wildman–Crippen LogP) is 3.13. The number of nitrogens with zero attached hydrogens (tertiary/aromatic N) is 3. The van der Waals surface area contributed by atoms with Crippen LogP contribution < -0.4 is 4.90 Å². The molecule has 6 nitrogen and oxygen atoms in total. The maximum absolute atomic E-state index is 13.2. The second-order valence-corrected chi connectivity index (χ2v) is 8.60. The molecule has 1 saturated carbocycles. The molecule has 26 heavy (non-hydrogen) atoms. The van der Waals surface area contributed by atoms with Crippen LogP contribution in [-0.4, -0.2) is 41.5 Å². The van der Waals surface area contributed by atoms with Crippen molar-refractivity contribution in [3.63, 3.8) is 0 Å². The number of carbonyl (C=O) groups excluding carboxylic acids is 2. The largest absolute Gasteiger partial charge is 0.360 e. The zero-order chi connectivity index (χ0) is 17.9. The normalized spacial score (nSPS) is 28.5. The van der Waals surface area contributed by atoms with Gasteiger partial charge in [0.15, 0.2) is 5.69 Å². The van der Waals surface area contributed by atoms with Gasteiger partial charge in [-0.2, -0.15) is 11.3 Å². The molecule has 7 heteroatoms. The molecule has 0 N–H and O–H groups in total. The van der Waals surface area contributed by atoms with Crippen LogP contribution in [0.25, 0.3) is 0 Å². The second-order valence-electron chi connectivity index (χ2n) is 7.82. The van der Waals surface area contributed by atoms with Crippen LogP contribution in [0.5, 0.6) is 0 Å². The number of aromatic nitrogens is 1. The monoisotopic (exact) mass is 371 g/mol. The number of carbonyl (C=O) groups is 2. The summed E-state index contributed by atoms with van der Waals surface area (Å²) in [6.45, 7) is 3.87. The highest BCUT2D eigenvalue weighted by atomic mass is 32.1. The van der Waals surface area contributed by atoms with Crippen LogP contribution in [0.15, 0.2) is 27.4 Å². The van der Waals surface area contributed by atoms with E-state index in [0.29, 0.717) is 24.7 Å². The Morgan fingerprint density at radius 3 is 3.00 bits per heavy atom. The van der Waals surface area contributed by atoms with Crippen molar-refractivity contribution in [2.24, 2.45) is 11.3 Å². The third-order valence-electron chi connectivity index (χ3n) is 6.20. The van der Waals surface area contributed by atoms with Crippen LogP contribution in [0.3, 0.4) is 0 Å². The molecular weight excluding hydrogens is 350 g/mol. The molecule has 0 unspecified atom stereocenters. The molecule has 3 fully saturated rings. The summed E-state index contributed by atoms with van der Waals surface area (Å²) in [6, 6.07) is 3.77.